The van der Waals surface area contributed by atoms with Gasteiger partial charge in [0.15, 0.2) is 6.61 Å². The van der Waals surface area contributed by atoms with E-state index in [2.05, 4.69) is 15.4 Å². The number of hydrogen-bond acceptors (Lipinski definition) is 6. The van der Waals surface area contributed by atoms with Crippen molar-refractivity contribution in [2.45, 2.75) is 6.92 Å². The Labute approximate surface area is 162 Å². The first kappa shape index (κ1) is 20.7. The summed E-state index contributed by atoms with van der Waals surface area (Å²) in [5.41, 5.74) is 0.796. The second kappa shape index (κ2) is 8.88. The minimum absolute atomic E-state index is 0.0139. The van der Waals surface area contributed by atoms with Crippen LogP contribution in [0, 0.1) is 11.3 Å². The molecule has 0 aliphatic rings. The number of amides is 2. The molecule has 0 heterocycles. The molecule has 146 valence electrons. The Morgan fingerprint density at radius 2 is 1.82 bits per heavy atom. The highest BCUT2D eigenvalue weighted by Gasteiger charge is 2.16. The molecule has 0 aliphatic carbocycles. The summed E-state index contributed by atoms with van der Waals surface area (Å²) in [6, 6.07) is 12.5. The smallest absolute Gasteiger partial charge is 0.257 e. The third-order valence-corrected chi connectivity index (χ3v) is 3.87. The fourth-order valence-corrected chi connectivity index (χ4v) is 2.86. The van der Waals surface area contributed by atoms with Crippen molar-refractivity contribution in [3.05, 3.63) is 48.0 Å². The van der Waals surface area contributed by atoms with E-state index in [4.69, 9.17) is 10.00 Å². The Morgan fingerprint density at radius 1 is 1.11 bits per heavy atom. The Hall–Kier alpha value is -3.58. The van der Waals surface area contributed by atoms with Crippen molar-refractivity contribution >= 4 is 38.9 Å². The van der Waals surface area contributed by atoms with Crippen LogP contribution in [0.15, 0.2) is 42.5 Å². The van der Waals surface area contributed by atoms with E-state index in [9.17, 15) is 18.0 Å². The lowest BCUT2D eigenvalue weighted by molar-refractivity contribution is -0.114. The maximum absolute atomic E-state index is 12.7. The van der Waals surface area contributed by atoms with Gasteiger partial charge in [0.25, 0.3) is 5.91 Å². The van der Waals surface area contributed by atoms with Crippen LogP contribution < -0.4 is 20.1 Å². The molecule has 0 fully saturated rings. The van der Waals surface area contributed by atoms with Crippen molar-refractivity contribution in [2.24, 2.45) is 0 Å². The van der Waals surface area contributed by atoms with E-state index in [0.29, 0.717) is 17.1 Å². The van der Waals surface area contributed by atoms with Gasteiger partial charge in [-0.05, 0) is 30.3 Å². The Kier molecular flexibility index (Phi) is 6.57. The topological polar surface area (TPSA) is 137 Å². The normalized spacial score (nSPS) is 10.5. The summed E-state index contributed by atoms with van der Waals surface area (Å²) in [6.45, 7) is 1.17. The lowest BCUT2D eigenvalue weighted by Gasteiger charge is -2.14. The van der Waals surface area contributed by atoms with Gasteiger partial charge < -0.3 is 15.4 Å². The molecule has 0 aliphatic heterocycles. The number of nitrogens with one attached hydrogen (secondary N) is 3. The first-order chi connectivity index (χ1) is 13.2. The number of hydrogen-bond donors (Lipinski definition) is 3. The number of carbonyl (C=O) groups excluding carboxylic acids is 2. The molecule has 0 atom stereocenters. The average Bonchev–Trinajstić information content (AvgIpc) is 2.60. The number of benzene rings is 2. The van der Waals surface area contributed by atoms with Gasteiger partial charge in [0.2, 0.25) is 15.9 Å². The molecular weight excluding hydrogens is 384 g/mol. The van der Waals surface area contributed by atoms with Crippen molar-refractivity contribution in [1.82, 2.24) is 0 Å². The van der Waals surface area contributed by atoms with Crippen LogP contribution in [0.5, 0.6) is 5.75 Å². The minimum atomic E-state index is -3.63. The quantitative estimate of drug-likeness (QED) is 0.649. The summed E-state index contributed by atoms with van der Waals surface area (Å²) in [6.07, 6.45) is 0.965. The van der Waals surface area contributed by atoms with Crippen molar-refractivity contribution in [3.8, 4) is 11.8 Å². The van der Waals surface area contributed by atoms with Crippen LogP contribution in [0.4, 0.5) is 17.1 Å². The molecule has 10 heteroatoms. The number of nitriles is 1. The van der Waals surface area contributed by atoms with E-state index in [-0.39, 0.29) is 23.8 Å². The van der Waals surface area contributed by atoms with Crippen molar-refractivity contribution in [1.29, 1.82) is 5.26 Å². The largest absolute Gasteiger partial charge is 0.479 e. The molecule has 0 unspecified atom stereocenters. The molecule has 9 nitrogen and oxygen atoms in total. The highest BCUT2D eigenvalue weighted by molar-refractivity contribution is 7.92. The van der Waals surface area contributed by atoms with E-state index in [1.165, 1.54) is 31.2 Å². The maximum Gasteiger partial charge on any atom is 0.257 e. The third kappa shape index (κ3) is 6.30. The number of ether oxygens (including phenoxy) is 1. The van der Waals surface area contributed by atoms with Crippen LogP contribution in [0.25, 0.3) is 0 Å². The minimum Gasteiger partial charge on any atom is -0.479 e. The first-order valence-electron chi connectivity index (χ1n) is 7.98. The molecule has 28 heavy (non-hydrogen) atoms. The summed E-state index contributed by atoms with van der Waals surface area (Å²) in [7, 11) is -3.63. The lowest BCUT2D eigenvalue weighted by atomic mass is 10.1. The molecule has 2 amide bonds. The third-order valence-electron chi connectivity index (χ3n) is 3.28. The number of carbonyl (C=O) groups is 2. The van der Waals surface area contributed by atoms with E-state index in [1.54, 1.807) is 18.2 Å². The second-order valence-electron chi connectivity index (χ2n) is 5.74. The number of rotatable bonds is 7. The molecule has 0 aromatic heterocycles. The first-order valence-corrected chi connectivity index (χ1v) is 9.87. The van der Waals surface area contributed by atoms with Crippen LogP contribution in [-0.4, -0.2) is 33.1 Å². The zero-order chi connectivity index (χ0) is 20.7. The summed E-state index contributed by atoms with van der Waals surface area (Å²) in [5.74, 6) is -0.547. The van der Waals surface area contributed by atoms with Gasteiger partial charge in [-0.2, -0.15) is 5.26 Å². The summed E-state index contributed by atoms with van der Waals surface area (Å²) in [4.78, 5) is 24.0. The Bertz CT molecular complexity index is 1040. The van der Waals surface area contributed by atoms with Crippen LogP contribution in [0.1, 0.15) is 17.3 Å². The second-order valence-corrected chi connectivity index (χ2v) is 7.49. The molecule has 2 aromatic carbocycles. The van der Waals surface area contributed by atoms with Gasteiger partial charge in [0.1, 0.15) is 11.8 Å². The molecule has 2 rings (SSSR count). The molecule has 3 N–H and O–H groups in total. The van der Waals surface area contributed by atoms with Crippen LogP contribution in [0.3, 0.4) is 0 Å². The zero-order valence-electron chi connectivity index (χ0n) is 15.1. The van der Waals surface area contributed by atoms with Gasteiger partial charge in [0, 0.05) is 24.4 Å². The highest BCUT2D eigenvalue weighted by Crippen LogP contribution is 2.24. The van der Waals surface area contributed by atoms with Crippen LogP contribution in [0.2, 0.25) is 0 Å². The number of nitrogens with zero attached hydrogens (tertiary/aromatic N) is 1. The summed E-state index contributed by atoms with van der Waals surface area (Å²) < 4.78 is 30.6. The van der Waals surface area contributed by atoms with Gasteiger partial charge in [-0.15, -0.1) is 0 Å². The van der Waals surface area contributed by atoms with Crippen molar-refractivity contribution in [3.63, 3.8) is 0 Å². The van der Waals surface area contributed by atoms with Gasteiger partial charge in [0.05, 0.1) is 17.5 Å². The average molecular weight is 402 g/mol. The summed E-state index contributed by atoms with van der Waals surface area (Å²) >= 11 is 0. The van der Waals surface area contributed by atoms with Gasteiger partial charge in [-0.3, -0.25) is 14.3 Å². The molecule has 2 aromatic rings. The van der Waals surface area contributed by atoms with E-state index in [0.717, 1.165) is 6.26 Å². The molecule has 0 bridgehead atoms. The zero-order valence-corrected chi connectivity index (χ0v) is 16.0. The SMILES string of the molecule is CC(=O)Nc1ccc(NS(C)(=O)=O)c(C(=O)Nc2cccc(OCC#N)c2)c1. The van der Waals surface area contributed by atoms with E-state index in [1.807, 2.05) is 6.07 Å². The van der Waals surface area contributed by atoms with Gasteiger partial charge in [-0.25, -0.2) is 8.42 Å². The van der Waals surface area contributed by atoms with Crippen molar-refractivity contribution < 1.29 is 22.7 Å². The molecule has 0 spiro atoms. The van der Waals surface area contributed by atoms with Gasteiger partial charge >= 0.3 is 0 Å². The lowest BCUT2D eigenvalue weighted by Crippen LogP contribution is -2.18. The fraction of sp³-hybridized carbons (Fsp3) is 0.167. The van der Waals surface area contributed by atoms with Crippen LogP contribution in [-0.2, 0) is 14.8 Å². The number of sulfonamides is 1. The predicted molar refractivity (Wildman–Crippen MR) is 105 cm³/mol. The maximum atomic E-state index is 12.7. The van der Waals surface area contributed by atoms with Gasteiger partial charge in [-0.1, -0.05) is 6.07 Å². The Morgan fingerprint density at radius 3 is 2.46 bits per heavy atom. The summed E-state index contributed by atoms with van der Waals surface area (Å²) in [5, 5.41) is 13.7. The Balaban J connectivity index is 2.33. The number of anilines is 3. The molecule has 0 saturated carbocycles. The molecule has 0 radical (unpaired) electrons. The monoisotopic (exact) mass is 402 g/mol. The predicted octanol–water partition coefficient (Wildman–Crippen LogP) is 2.17. The van der Waals surface area contributed by atoms with E-state index < -0.39 is 15.9 Å². The van der Waals surface area contributed by atoms with Crippen molar-refractivity contribution in [2.75, 3.05) is 28.2 Å². The fourth-order valence-electron chi connectivity index (χ4n) is 2.28. The van der Waals surface area contributed by atoms with Crippen LogP contribution >= 0.6 is 0 Å². The van der Waals surface area contributed by atoms with E-state index >= 15 is 0 Å². The standard InChI is InChI=1S/C18H18N4O5S/c1-12(23)20-14-6-7-17(22-28(2,25)26)16(11-14)18(24)21-13-4-3-5-15(10-13)27-9-8-19/h3-7,10-11,22H,9H2,1-2H3,(H,20,23)(H,21,24). The molecule has 0 saturated heterocycles. The highest BCUT2D eigenvalue weighted by atomic mass is 32.2. The molecular formula is C18H18N4O5S.